The first-order valence-electron chi connectivity index (χ1n) is 8.39. The molecule has 0 aromatic heterocycles. The van der Waals surface area contributed by atoms with Gasteiger partial charge in [0.25, 0.3) is 0 Å². The SMILES string of the molecule is COc1cccc2c1C(c1ccc3c(c1O)C(=O)CC(C)C3O)OC2=O. The van der Waals surface area contributed by atoms with E-state index < -0.39 is 18.2 Å². The molecule has 0 bridgehead atoms. The van der Waals surface area contributed by atoms with Gasteiger partial charge in [0, 0.05) is 12.0 Å². The second-order valence-electron chi connectivity index (χ2n) is 6.72. The van der Waals surface area contributed by atoms with Gasteiger partial charge in [0.1, 0.15) is 11.5 Å². The number of carbonyl (C=O) groups is 2. The highest BCUT2D eigenvalue weighted by Gasteiger charge is 2.39. The average molecular weight is 354 g/mol. The number of phenols is 1. The van der Waals surface area contributed by atoms with Crippen LogP contribution in [0, 0.1) is 5.92 Å². The number of aliphatic hydroxyl groups is 1. The van der Waals surface area contributed by atoms with Crippen LogP contribution in [0.15, 0.2) is 30.3 Å². The van der Waals surface area contributed by atoms with Crippen molar-refractivity contribution >= 4 is 11.8 Å². The highest BCUT2D eigenvalue weighted by Crippen LogP contribution is 2.47. The van der Waals surface area contributed by atoms with Crippen LogP contribution >= 0.6 is 0 Å². The zero-order chi connectivity index (χ0) is 18.6. The van der Waals surface area contributed by atoms with E-state index in [9.17, 15) is 19.8 Å². The largest absolute Gasteiger partial charge is 0.507 e. The van der Waals surface area contributed by atoms with E-state index in [1.807, 2.05) is 0 Å². The topological polar surface area (TPSA) is 93.1 Å². The van der Waals surface area contributed by atoms with E-state index in [1.54, 1.807) is 37.3 Å². The Balaban J connectivity index is 1.89. The molecule has 0 spiro atoms. The quantitative estimate of drug-likeness (QED) is 0.806. The van der Waals surface area contributed by atoms with E-state index in [-0.39, 0.29) is 29.4 Å². The number of benzene rings is 2. The summed E-state index contributed by atoms with van der Waals surface area (Å²) in [5, 5.41) is 21.1. The zero-order valence-corrected chi connectivity index (χ0v) is 14.4. The summed E-state index contributed by atoms with van der Waals surface area (Å²) in [7, 11) is 1.49. The minimum absolute atomic E-state index is 0.104. The number of ether oxygens (including phenoxy) is 2. The van der Waals surface area contributed by atoms with Crippen molar-refractivity contribution in [1.29, 1.82) is 0 Å². The number of cyclic esters (lactones) is 1. The molecule has 6 nitrogen and oxygen atoms in total. The third-order valence-corrected chi connectivity index (χ3v) is 5.16. The summed E-state index contributed by atoms with van der Waals surface area (Å²) in [4.78, 5) is 24.7. The standard InChI is InChI=1S/C20H18O6/c1-9-8-13(21)15-10(17(9)22)6-7-12(18(15)23)19-16-11(20(24)26-19)4-3-5-14(16)25-2/h3-7,9,17,19,22-23H,8H2,1-2H3. The van der Waals surface area contributed by atoms with Crippen LogP contribution in [0.5, 0.6) is 11.5 Å². The Labute approximate surface area is 150 Å². The number of ketones is 1. The van der Waals surface area contributed by atoms with Gasteiger partial charge in [-0.3, -0.25) is 4.79 Å². The van der Waals surface area contributed by atoms with Crippen LogP contribution in [0.25, 0.3) is 0 Å². The van der Waals surface area contributed by atoms with Crippen molar-refractivity contribution in [3.63, 3.8) is 0 Å². The van der Waals surface area contributed by atoms with Gasteiger partial charge in [-0.05, 0) is 23.6 Å². The number of hydrogen-bond donors (Lipinski definition) is 2. The first-order chi connectivity index (χ1) is 12.4. The molecule has 26 heavy (non-hydrogen) atoms. The molecule has 2 aromatic rings. The number of rotatable bonds is 2. The number of methoxy groups -OCH3 is 1. The van der Waals surface area contributed by atoms with Crippen molar-refractivity contribution in [2.24, 2.45) is 5.92 Å². The number of aromatic hydroxyl groups is 1. The van der Waals surface area contributed by atoms with E-state index >= 15 is 0 Å². The lowest BCUT2D eigenvalue weighted by molar-refractivity contribution is 0.0450. The maximum absolute atomic E-state index is 12.5. The fraction of sp³-hybridized carbons (Fsp3) is 0.300. The van der Waals surface area contributed by atoms with Crippen molar-refractivity contribution in [3.05, 3.63) is 58.1 Å². The highest BCUT2D eigenvalue weighted by atomic mass is 16.6. The predicted molar refractivity (Wildman–Crippen MR) is 91.4 cm³/mol. The van der Waals surface area contributed by atoms with Crippen LogP contribution in [-0.2, 0) is 4.74 Å². The molecule has 1 heterocycles. The monoisotopic (exact) mass is 354 g/mol. The molecule has 3 atom stereocenters. The predicted octanol–water partition coefficient (Wildman–Crippen LogP) is 2.92. The Hall–Kier alpha value is -2.86. The van der Waals surface area contributed by atoms with Gasteiger partial charge in [0.05, 0.1) is 29.9 Å². The van der Waals surface area contributed by atoms with E-state index in [0.717, 1.165) is 0 Å². The van der Waals surface area contributed by atoms with E-state index in [2.05, 4.69) is 0 Å². The molecule has 6 heteroatoms. The summed E-state index contributed by atoms with van der Waals surface area (Å²) in [5.41, 5.74) is 1.70. The Morgan fingerprint density at radius 1 is 1.15 bits per heavy atom. The molecule has 2 N–H and O–H groups in total. The van der Waals surface area contributed by atoms with E-state index in [4.69, 9.17) is 9.47 Å². The number of aliphatic hydroxyl groups excluding tert-OH is 1. The third kappa shape index (κ3) is 2.22. The fourth-order valence-corrected chi connectivity index (χ4v) is 3.81. The van der Waals surface area contributed by atoms with Crippen LogP contribution in [0.2, 0.25) is 0 Å². The summed E-state index contributed by atoms with van der Waals surface area (Å²) < 4.78 is 10.8. The Morgan fingerprint density at radius 3 is 2.62 bits per heavy atom. The Bertz CT molecular complexity index is 932. The smallest absolute Gasteiger partial charge is 0.339 e. The average Bonchev–Trinajstić information content (AvgIpc) is 2.96. The highest BCUT2D eigenvalue weighted by molar-refractivity contribution is 6.02. The first-order valence-corrected chi connectivity index (χ1v) is 8.39. The number of phenolic OH excluding ortho intramolecular Hbond substituents is 1. The number of hydrogen-bond acceptors (Lipinski definition) is 6. The molecule has 3 unspecified atom stereocenters. The van der Waals surface area contributed by atoms with Crippen LogP contribution < -0.4 is 4.74 Å². The molecule has 134 valence electrons. The maximum Gasteiger partial charge on any atom is 0.339 e. The van der Waals surface area contributed by atoms with Gasteiger partial charge in [-0.15, -0.1) is 0 Å². The van der Waals surface area contributed by atoms with Crippen molar-refractivity contribution < 1.29 is 29.3 Å². The number of Topliss-reactive ketones (excluding diaryl/α,β-unsaturated/α-hetero) is 1. The van der Waals surface area contributed by atoms with Gasteiger partial charge in [0.2, 0.25) is 0 Å². The maximum atomic E-state index is 12.5. The molecule has 0 saturated heterocycles. The zero-order valence-electron chi connectivity index (χ0n) is 14.4. The Kier molecular flexibility index (Phi) is 3.73. The lowest BCUT2D eigenvalue weighted by atomic mass is 9.79. The summed E-state index contributed by atoms with van der Waals surface area (Å²) in [5.74, 6) is -0.751. The van der Waals surface area contributed by atoms with Crippen LogP contribution in [0.3, 0.4) is 0 Å². The van der Waals surface area contributed by atoms with Gasteiger partial charge >= 0.3 is 5.97 Å². The number of fused-ring (bicyclic) bond motifs is 2. The Morgan fingerprint density at radius 2 is 1.88 bits per heavy atom. The molecule has 0 amide bonds. The molecule has 1 aliphatic carbocycles. The molecule has 4 rings (SSSR count). The lowest BCUT2D eigenvalue weighted by Crippen LogP contribution is -2.23. The molecular formula is C20H18O6. The van der Waals surface area contributed by atoms with Crippen LogP contribution in [-0.4, -0.2) is 29.1 Å². The van der Waals surface area contributed by atoms with Crippen molar-refractivity contribution in [2.45, 2.75) is 25.6 Å². The van der Waals surface area contributed by atoms with Gasteiger partial charge in [-0.25, -0.2) is 4.79 Å². The molecule has 0 fully saturated rings. The van der Waals surface area contributed by atoms with Gasteiger partial charge in [0.15, 0.2) is 11.9 Å². The number of esters is 1. The van der Waals surface area contributed by atoms with Crippen molar-refractivity contribution in [3.8, 4) is 11.5 Å². The third-order valence-electron chi connectivity index (χ3n) is 5.16. The van der Waals surface area contributed by atoms with Crippen molar-refractivity contribution in [1.82, 2.24) is 0 Å². The van der Waals surface area contributed by atoms with Gasteiger partial charge < -0.3 is 19.7 Å². The van der Waals surface area contributed by atoms with Gasteiger partial charge in [-0.1, -0.05) is 25.1 Å². The van der Waals surface area contributed by atoms with Gasteiger partial charge in [-0.2, -0.15) is 0 Å². The molecule has 0 radical (unpaired) electrons. The lowest BCUT2D eigenvalue weighted by Gasteiger charge is -2.28. The van der Waals surface area contributed by atoms with E-state index in [1.165, 1.54) is 7.11 Å². The molecule has 0 saturated carbocycles. The first kappa shape index (κ1) is 16.6. The minimum atomic E-state index is -0.872. The minimum Gasteiger partial charge on any atom is -0.507 e. The van der Waals surface area contributed by atoms with Crippen LogP contribution in [0.4, 0.5) is 0 Å². The summed E-state index contributed by atoms with van der Waals surface area (Å²) >= 11 is 0. The second kappa shape index (κ2) is 5.85. The number of carbonyl (C=O) groups excluding carboxylic acids is 2. The molecule has 2 aromatic carbocycles. The molecular weight excluding hydrogens is 336 g/mol. The second-order valence-corrected chi connectivity index (χ2v) is 6.72. The van der Waals surface area contributed by atoms with Crippen LogP contribution in [0.1, 0.15) is 63.0 Å². The fourth-order valence-electron chi connectivity index (χ4n) is 3.81. The van der Waals surface area contributed by atoms with Crippen molar-refractivity contribution in [2.75, 3.05) is 7.11 Å². The molecule has 2 aliphatic rings. The van der Waals surface area contributed by atoms with E-state index in [0.29, 0.717) is 28.0 Å². The normalized spacial score (nSPS) is 24.0. The summed E-state index contributed by atoms with van der Waals surface area (Å²) in [6, 6.07) is 8.23. The molecule has 1 aliphatic heterocycles. The summed E-state index contributed by atoms with van der Waals surface area (Å²) in [6.45, 7) is 1.79. The summed E-state index contributed by atoms with van der Waals surface area (Å²) in [6.07, 6.45) is -1.55.